The number of carbonyl (C=O) groups excluding carboxylic acids is 1. The standard InChI is InChI=1S/C14H17N5O3/c1-15-7-3-8-16-14(20)13-6-9-18(17-13)11-4-2-5-12(10-11)19(21)22/h2,4-6,9-10,15H,3,7-8H2,1H3,(H,16,20). The van der Waals surface area contributed by atoms with Crippen LogP contribution in [-0.2, 0) is 0 Å². The number of hydrogen-bond donors (Lipinski definition) is 2. The second-order valence-corrected chi connectivity index (χ2v) is 4.64. The van der Waals surface area contributed by atoms with Crippen LogP contribution in [0.3, 0.4) is 0 Å². The van der Waals surface area contributed by atoms with Gasteiger partial charge in [-0.25, -0.2) is 4.68 Å². The molecule has 0 atom stereocenters. The smallest absolute Gasteiger partial charge is 0.271 e. The van der Waals surface area contributed by atoms with E-state index in [4.69, 9.17) is 0 Å². The average molecular weight is 303 g/mol. The summed E-state index contributed by atoms with van der Waals surface area (Å²) in [5.74, 6) is -0.264. The van der Waals surface area contributed by atoms with Crippen molar-refractivity contribution in [3.05, 3.63) is 52.3 Å². The van der Waals surface area contributed by atoms with E-state index in [1.165, 1.54) is 16.8 Å². The van der Waals surface area contributed by atoms with Gasteiger partial charge in [0.2, 0.25) is 0 Å². The molecule has 8 heteroatoms. The highest BCUT2D eigenvalue weighted by Crippen LogP contribution is 2.16. The molecule has 0 saturated heterocycles. The predicted molar refractivity (Wildman–Crippen MR) is 81.1 cm³/mol. The first-order valence-corrected chi connectivity index (χ1v) is 6.85. The van der Waals surface area contributed by atoms with Crippen LogP contribution in [0.5, 0.6) is 0 Å². The summed E-state index contributed by atoms with van der Waals surface area (Å²) in [7, 11) is 1.85. The summed E-state index contributed by atoms with van der Waals surface area (Å²) in [5.41, 5.74) is 0.783. The Bertz CT molecular complexity index is 668. The average Bonchev–Trinajstić information content (AvgIpc) is 3.01. The highest BCUT2D eigenvalue weighted by Gasteiger charge is 2.11. The molecular weight excluding hydrogens is 286 g/mol. The van der Waals surface area contributed by atoms with E-state index >= 15 is 0 Å². The zero-order valence-electron chi connectivity index (χ0n) is 12.2. The number of nitrogens with zero attached hydrogens (tertiary/aromatic N) is 3. The summed E-state index contributed by atoms with van der Waals surface area (Å²) in [6.45, 7) is 1.38. The van der Waals surface area contributed by atoms with Crippen molar-refractivity contribution in [2.45, 2.75) is 6.42 Å². The fourth-order valence-electron chi connectivity index (χ4n) is 1.90. The van der Waals surface area contributed by atoms with Gasteiger partial charge in [0.25, 0.3) is 11.6 Å². The van der Waals surface area contributed by atoms with Crippen LogP contribution < -0.4 is 10.6 Å². The van der Waals surface area contributed by atoms with Crippen LogP contribution in [0.25, 0.3) is 5.69 Å². The minimum absolute atomic E-state index is 0.0222. The SMILES string of the molecule is CNCCCNC(=O)c1ccn(-c2cccc([N+](=O)[O-])c2)n1. The van der Waals surface area contributed by atoms with E-state index in [9.17, 15) is 14.9 Å². The summed E-state index contributed by atoms with van der Waals surface area (Å²) < 4.78 is 1.44. The first-order valence-electron chi connectivity index (χ1n) is 6.85. The van der Waals surface area contributed by atoms with E-state index in [1.807, 2.05) is 7.05 Å². The quantitative estimate of drug-likeness (QED) is 0.453. The summed E-state index contributed by atoms with van der Waals surface area (Å²) in [6, 6.07) is 7.65. The number of nitro benzene ring substituents is 1. The molecule has 8 nitrogen and oxygen atoms in total. The van der Waals surface area contributed by atoms with Crippen LogP contribution in [-0.4, -0.2) is 40.7 Å². The molecule has 0 aliphatic heterocycles. The first-order chi connectivity index (χ1) is 10.6. The second-order valence-electron chi connectivity index (χ2n) is 4.64. The molecule has 0 bridgehead atoms. The van der Waals surface area contributed by atoms with E-state index in [-0.39, 0.29) is 17.3 Å². The van der Waals surface area contributed by atoms with Crippen molar-refractivity contribution in [3.8, 4) is 5.69 Å². The van der Waals surface area contributed by atoms with Crippen LogP contribution in [0.15, 0.2) is 36.5 Å². The number of rotatable bonds is 7. The number of carbonyl (C=O) groups is 1. The van der Waals surface area contributed by atoms with Gasteiger partial charge in [-0.05, 0) is 32.1 Å². The number of nitrogens with one attached hydrogen (secondary N) is 2. The van der Waals surface area contributed by atoms with Crippen LogP contribution in [0.4, 0.5) is 5.69 Å². The number of non-ortho nitro benzene ring substituents is 1. The van der Waals surface area contributed by atoms with Crippen molar-refractivity contribution >= 4 is 11.6 Å². The number of nitro groups is 1. The molecule has 22 heavy (non-hydrogen) atoms. The van der Waals surface area contributed by atoms with Crippen molar-refractivity contribution in [2.24, 2.45) is 0 Å². The van der Waals surface area contributed by atoms with Gasteiger partial charge in [-0.1, -0.05) is 6.07 Å². The van der Waals surface area contributed by atoms with E-state index in [2.05, 4.69) is 15.7 Å². The van der Waals surface area contributed by atoms with Gasteiger partial charge in [0.15, 0.2) is 5.69 Å². The van der Waals surface area contributed by atoms with Gasteiger partial charge in [0.1, 0.15) is 0 Å². The third-order valence-electron chi connectivity index (χ3n) is 3.02. The van der Waals surface area contributed by atoms with E-state index in [1.54, 1.807) is 24.4 Å². The van der Waals surface area contributed by atoms with Crippen LogP contribution in [0.1, 0.15) is 16.9 Å². The molecule has 1 aromatic heterocycles. The minimum atomic E-state index is -0.470. The molecule has 1 amide bonds. The molecule has 2 N–H and O–H groups in total. The van der Waals surface area contributed by atoms with Crippen molar-refractivity contribution in [2.75, 3.05) is 20.1 Å². The van der Waals surface area contributed by atoms with Gasteiger partial charge >= 0.3 is 0 Å². The van der Waals surface area contributed by atoms with E-state index < -0.39 is 4.92 Å². The second kappa shape index (κ2) is 7.32. The van der Waals surface area contributed by atoms with Gasteiger partial charge in [0.05, 0.1) is 10.6 Å². The maximum absolute atomic E-state index is 11.9. The fourth-order valence-corrected chi connectivity index (χ4v) is 1.90. The molecule has 2 rings (SSSR count). The lowest BCUT2D eigenvalue weighted by atomic mass is 10.3. The zero-order valence-corrected chi connectivity index (χ0v) is 12.2. The lowest BCUT2D eigenvalue weighted by Crippen LogP contribution is -2.27. The Labute approximate surface area is 127 Å². The highest BCUT2D eigenvalue weighted by atomic mass is 16.6. The third kappa shape index (κ3) is 3.89. The van der Waals surface area contributed by atoms with Gasteiger partial charge in [-0.3, -0.25) is 14.9 Å². The van der Waals surface area contributed by atoms with Gasteiger partial charge in [-0.2, -0.15) is 5.10 Å². The maximum atomic E-state index is 11.9. The van der Waals surface area contributed by atoms with Crippen molar-refractivity contribution < 1.29 is 9.72 Å². The van der Waals surface area contributed by atoms with Crippen LogP contribution >= 0.6 is 0 Å². The topological polar surface area (TPSA) is 102 Å². The number of amides is 1. The third-order valence-corrected chi connectivity index (χ3v) is 3.02. The molecule has 1 heterocycles. The van der Waals surface area contributed by atoms with Gasteiger partial charge in [0, 0.05) is 24.9 Å². The highest BCUT2D eigenvalue weighted by molar-refractivity contribution is 5.92. The molecule has 0 aliphatic carbocycles. The van der Waals surface area contributed by atoms with Crippen molar-refractivity contribution in [1.29, 1.82) is 0 Å². The minimum Gasteiger partial charge on any atom is -0.351 e. The Kier molecular flexibility index (Phi) is 5.21. The summed E-state index contributed by atoms with van der Waals surface area (Å²) in [5, 5.41) is 20.7. The van der Waals surface area contributed by atoms with Crippen LogP contribution in [0.2, 0.25) is 0 Å². The molecule has 0 radical (unpaired) electrons. The molecular formula is C14H17N5O3. The number of hydrogen-bond acceptors (Lipinski definition) is 5. The molecule has 0 unspecified atom stereocenters. The van der Waals surface area contributed by atoms with Crippen molar-refractivity contribution in [3.63, 3.8) is 0 Å². The molecule has 116 valence electrons. The van der Waals surface area contributed by atoms with E-state index in [0.717, 1.165) is 13.0 Å². The maximum Gasteiger partial charge on any atom is 0.271 e. The van der Waals surface area contributed by atoms with Gasteiger partial charge < -0.3 is 10.6 Å². The Morgan fingerprint density at radius 3 is 2.91 bits per heavy atom. The number of aromatic nitrogens is 2. The normalized spacial score (nSPS) is 10.4. The Hall–Kier alpha value is -2.74. The molecule has 0 fully saturated rings. The number of benzene rings is 1. The summed E-state index contributed by atoms with van der Waals surface area (Å²) in [4.78, 5) is 22.2. The zero-order chi connectivity index (χ0) is 15.9. The summed E-state index contributed by atoms with van der Waals surface area (Å²) in [6.07, 6.45) is 2.43. The van der Waals surface area contributed by atoms with Crippen LogP contribution in [0, 0.1) is 10.1 Å². The Morgan fingerprint density at radius 1 is 1.36 bits per heavy atom. The summed E-state index contributed by atoms with van der Waals surface area (Å²) >= 11 is 0. The lowest BCUT2D eigenvalue weighted by Gasteiger charge is -2.03. The van der Waals surface area contributed by atoms with E-state index in [0.29, 0.717) is 12.2 Å². The predicted octanol–water partition coefficient (Wildman–Crippen LogP) is 1.12. The molecule has 0 saturated carbocycles. The monoisotopic (exact) mass is 303 g/mol. The molecule has 0 aliphatic rings. The molecule has 1 aromatic carbocycles. The van der Waals surface area contributed by atoms with Gasteiger partial charge in [-0.15, -0.1) is 0 Å². The Balaban J connectivity index is 2.06. The fraction of sp³-hybridized carbons (Fsp3) is 0.286. The van der Waals surface area contributed by atoms with Crippen molar-refractivity contribution in [1.82, 2.24) is 20.4 Å². The first kappa shape index (κ1) is 15.6. The molecule has 0 spiro atoms. The lowest BCUT2D eigenvalue weighted by molar-refractivity contribution is -0.384. The largest absolute Gasteiger partial charge is 0.351 e. The Morgan fingerprint density at radius 2 is 2.18 bits per heavy atom. The molecule has 2 aromatic rings.